The number of amides is 1. The van der Waals surface area contributed by atoms with E-state index in [9.17, 15) is 27.9 Å². The van der Waals surface area contributed by atoms with Gasteiger partial charge in [0.05, 0.1) is 19.1 Å². The van der Waals surface area contributed by atoms with E-state index in [1.54, 1.807) is 12.1 Å². The lowest BCUT2D eigenvalue weighted by atomic mass is 9.92. The summed E-state index contributed by atoms with van der Waals surface area (Å²) in [6.07, 6.45) is -3.96. The highest BCUT2D eigenvalue weighted by atomic mass is 19.4. The van der Waals surface area contributed by atoms with Crippen LogP contribution in [0.15, 0.2) is 36.4 Å². The molecule has 3 rings (SSSR count). The van der Waals surface area contributed by atoms with Crippen LogP contribution in [-0.2, 0) is 28.7 Å². The lowest BCUT2D eigenvalue weighted by Crippen LogP contribution is -2.25. The summed E-state index contributed by atoms with van der Waals surface area (Å²) in [4.78, 5) is 23.3. The number of halogens is 3. The van der Waals surface area contributed by atoms with Crippen molar-refractivity contribution in [1.29, 1.82) is 0 Å². The first-order chi connectivity index (χ1) is 14.2. The van der Waals surface area contributed by atoms with Crippen LogP contribution in [0, 0.1) is 0 Å². The molecule has 0 aromatic heterocycles. The summed E-state index contributed by atoms with van der Waals surface area (Å²) in [5, 5.41) is 11.8. The van der Waals surface area contributed by atoms with Gasteiger partial charge in [-0.15, -0.1) is 0 Å². The van der Waals surface area contributed by atoms with E-state index in [4.69, 9.17) is 9.47 Å². The van der Waals surface area contributed by atoms with Crippen LogP contribution >= 0.6 is 0 Å². The van der Waals surface area contributed by atoms with Gasteiger partial charge in [-0.3, -0.25) is 4.79 Å². The number of carboxylic acids is 1. The van der Waals surface area contributed by atoms with Crippen molar-refractivity contribution in [1.82, 2.24) is 5.32 Å². The van der Waals surface area contributed by atoms with Gasteiger partial charge in [0, 0.05) is 12.1 Å². The van der Waals surface area contributed by atoms with Gasteiger partial charge in [0.2, 0.25) is 0 Å². The monoisotopic (exact) mass is 423 g/mol. The summed E-state index contributed by atoms with van der Waals surface area (Å²) in [7, 11) is 1.40. The quantitative estimate of drug-likeness (QED) is 0.690. The number of rotatable bonds is 7. The van der Waals surface area contributed by atoms with Gasteiger partial charge in [0.25, 0.3) is 0 Å². The lowest BCUT2D eigenvalue weighted by molar-refractivity contribution is -0.138. The highest BCUT2D eigenvalue weighted by molar-refractivity contribution is 5.79. The maximum Gasteiger partial charge on any atom is 0.416 e. The van der Waals surface area contributed by atoms with E-state index in [-0.39, 0.29) is 19.1 Å². The van der Waals surface area contributed by atoms with Crippen LogP contribution in [0.4, 0.5) is 18.0 Å². The van der Waals surface area contributed by atoms with Crippen molar-refractivity contribution < 1.29 is 37.3 Å². The van der Waals surface area contributed by atoms with Gasteiger partial charge < -0.3 is 19.9 Å². The van der Waals surface area contributed by atoms with Crippen molar-refractivity contribution in [3.8, 4) is 16.9 Å². The van der Waals surface area contributed by atoms with E-state index < -0.39 is 23.8 Å². The molecule has 6 nitrogen and oxygen atoms in total. The minimum absolute atomic E-state index is 0.0677. The maximum absolute atomic E-state index is 12.9. The number of methoxy groups -OCH3 is 1. The summed E-state index contributed by atoms with van der Waals surface area (Å²) in [5.41, 5.74) is 0.852. The summed E-state index contributed by atoms with van der Waals surface area (Å²) in [5.74, 6) is -0.739. The molecule has 1 aliphatic rings. The zero-order valence-electron chi connectivity index (χ0n) is 16.1. The van der Waals surface area contributed by atoms with Gasteiger partial charge in [-0.05, 0) is 47.7 Å². The molecule has 160 valence electrons. The molecule has 30 heavy (non-hydrogen) atoms. The third-order valence-corrected chi connectivity index (χ3v) is 4.64. The first-order valence-electron chi connectivity index (χ1n) is 9.21. The van der Waals surface area contributed by atoms with Crippen LogP contribution in [0.5, 0.6) is 5.75 Å². The van der Waals surface area contributed by atoms with Crippen LogP contribution in [-0.4, -0.2) is 30.4 Å². The normalized spacial score (nSPS) is 13.6. The van der Waals surface area contributed by atoms with Crippen LogP contribution in [0.2, 0.25) is 0 Å². The number of benzene rings is 2. The Labute approximate surface area is 170 Å². The van der Waals surface area contributed by atoms with Crippen molar-refractivity contribution in [2.75, 3.05) is 7.11 Å². The van der Waals surface area contributed by atoms with Crippen molar-refractivity contribution >= 4 is 12.1 Å². The maximum atomic E-state index is 12.9. The number of aliphatic carboxylic acids is 1. The second-order valence-corrected chi connectivity index (χ2v) is 6.88. The number of ether oxygens (including phenoxy) is 2. The fourth-order valence-corrected chi connectivity index (χ4v) is 3.05. The number of nitrogens with one attached hydrogen (secondary N) is 1. The Hall–Kier alpha value is -3.23. The second kappa shape index (κ2) is 8.64. The molecule has 0 unspecified atom stereocenters. The molecule has 1 aliphatic carbocycles. The molecule has 0 heterocycles. The Morgan fingerprint density at radius 3 is 2.33 bits per heavy atom. The minimum Gasteiger partial charge on any atom is -0.496 e. The molecule has 2 N–H and O–H groups in total. The van der Waals surface area contributed by atoms with Crippen LogP contribution < -0.4 is 10.1 Å². The lowest BCUT2D eigenvalue weighted by Gasteiger charge is -2.19. The van der Waals surface area contributed by atoms with Crippen LogP contribution in [0.25, 0.3) is 11.1 Å². The summed E-state index contributed by atoms with van der Waals surface area (Å²) < 4.78 is 49.3. The highest BCUT2D eigenvalue weighted by Gasteiger charge is 2.30. The van der Waals surface area contributed by atoms with Gasteiger partial charge in [-0.1, -0.05) is 18.2 Å². The first-order valence-corrected chi connectivity index (χ1v) is 9.21. The molecule has 0 spiro atoms. The van der Waals surface area contributed by atoms with E-state index >= 15 is 0 Å². The average molecular weight is 423 g/mol. The number of alkyl halides is 3. The molecular formula is C21H20F3NO5. The van der Waals surface area contributed by atoms with E-state index in [0.29, 0.717) is 28.0 Å². The second-order valence-electron chi connectivity index (χ2n) is 6.88. The Morgan fingerprint density at radius 2 is 1.80 bits per heavy atom. The van der Waals surface area contributed by atoms with Gasteiger partial charge in [0.15, 0.2) is 0 Å². The standard InChI is InChI=1S/C21H20F3NO5/c1-29-17-9-4-13(10-18(26)27)16(11-25-20(28)30-15-7-8-15)19(17)12-2-5-14(6-3-12)21(22,23)24/h2-6,9,15H,7-8,10-11H2,1H3,(H,25,28)(H,26,27). The van der Waals surface area contributed by atoms with E-state index in [2.05, 4.69) is 5.32 Å². The number of carboxylic acid groups (broad SMARTS) is 1. The molecular weight excluding hydrogens is 403 g/mol. The smallest absolute Gasteiger partial charge is 0.416 e. The predicted molar refractivity (Wildman–Crippen MR) is 101 cm³/mol. The van der Waals surface area contributed by atoms with Crippen molar-refractivity contribution in [3.63, 3.8) is 0 Å². The largest absolute Gasteiger partial charge is 0.496 e. The molecule has 1 saturated carbocycles. The Kier molecular flexibility index (Phi) is 6.19. The molecule has 1 fully saturated rings. The zero-order chi connectivity index (χ0) is 21.9. The molecule has 0 aliphatic heterocycles. The number of hydrogen-bond donors (Lipinski definition) is 2. The zero-order valence-corrected chi connectivity index (χ0v) is 16.1. The topological polar surface area (TPSA) is 84.9 Å². The molecule has 2 aromatic carbocycles. The molecule has 0 atom stereocenters. The minimum atomic E-state index is -4.48. The van der Waals surface area contributed by atoms with Crippen LogP contribution in [0.3, 0.4) is 0 Å². The van der Waals surface area contributed by atoms with Crippen LogP contribution in [0.1, 0.15) is 29.5 Å². The molecule has 0 saturated heterocycles. The SMILES string of the molecule is COc1ccc(CC(=O)O)c(CNC(=O)OC2CC2)c1-c1ccc(C(F)(F)F)cc1. The van der Waals surface area contributed by atoms with Gasteiger partial charge in [0.1, 0.15) is 11.9 Å². The van der Waals surface area contributed by atoms with Gasteiger partial charge >= 0.3 is 18.2 Å². The molecule has 1 amide bonds. The van der Waals surface area contributed by atoms with Gasteiger partial charge in [-0.2, -0.15) is 13.2 Å². The van der Waals surface area contributed by atoms with Crippen molar-refractivity contribution in [2.24, 2.45) is 0 Å². The predicted octanol–water partition coefficient (Wildman–Crippen LogP) is 4.40. The Balaban J connectivity index is 2.01. The molecule has 0 bridgehead atoms. The van der Waals surface area contributed by atoms with E-state index in [0.717, 1.165) is 25.0 Å². The molecule has 2 aromatic rings. The highest BCUT2D eigenvalue weighted by Crippen LogP contribution is 2.38. The number of carbonyl (C=O) groups excluding carboxylic acids is 1. The first kappa shape index (κ1) is 21.5. The summed E-state index contributed by atoms with van der Waals surface area (Å²) in [6, 6.07) is 7.57. The third kappa shape index (κ3) is 5.22. The summed E-state index contributed by atoms with van der Waals surface area (Å²) in [6.45, 7) is -0.0677. The van der Waals surface area contributed by atoms with Crippen molar-refractivity contribution in [3.05, 3.63) is 53.1 Å². The number of hydrogen-bond acceptors (Lipinski definition) is 4. The third-order valence-electron chi connectivity index (χ3n) is 4.64. The van der Waals surface area contributed by atoms with E-state index in [1.165, 1.54) is 19.2 Å². The number of carbonyl (C=O) groups is 2. The van der Waals surface area contributed by atoms with E-state index in [1.807, 2.05) is 0 Å². The molecule has 9 heteroatoms. The fraction of sp³-hybridized carbons (Fsp3) is 0.333. The Bertz CT molecular complexity index is 937. The number of alkyl carbamates (subject to hydrolysis) is 1. The fourth-order valence-electron chi connectivity index (χ4n) is 3.05. The molecule has 0 radical (unpaired) electrons. The van der Waals surface area contributed by atoms with Crippen molar-refractivity contribution in [2.45, 2.75) is 38.1 Å². The Morgan fingerprint density at radius 1 is 1.13 bits per heavy atom. The summed E-state index contributed by atoms with van der Waals surface area (Å²) >= 11 is 0. The van der Waals surface area contributed by atoms with Gasteiger partial charge in [-0.25, -0.2) is 4.79 Å². The average Bonchev–Trinajstić information content (AvgIpc) is 3.49.